The molecule has 1 atom stereocenters. The fourth-order valence-electron chi connectivity index (χ4n) is 2.29. The number of ether oxygens (including phenoxy) is 1. The summed E-state index contributed by atoms with van der Waals surface area (Å²) in [7, 11) is 0. The molecule has 0 aliphatic carbocycles. The minimum absolute atomic E-state index is 0.201. The van der Waals surface area contributed by atoms with Crippen LogP contribution in [-0.4, -0.2) is 10.7 Å². The van der Waals surface area contributed by atoms with Gasteiger partial charge in [-0.3, -0.25) is 0 Å². The Kier molecular flexibility index (Phi) is 3.27. The largest absolute Gasteiger partial charge is 0.487 e. The average Bonchev–Trinajstić information content (AvgIpc) is 2.28. The summed E-state index contributed by atoms with van der Waals surface area (Å²) in [6.07, 6.45) is 2.13. The van der Waals surface area contributed by atoms with Crippen LogP contribution in [0.15, 0.2) is 22.7 Å². The van der Waals surface area contributed by atoms with Crippen LogP contribution in [0, 0.1) is 0 Å². The standard InChI is InChI=1S/C13H17BrO2/c1-3-13(4-2)8-11(15)10-6-5-9(14)7-12(10)16-13/h5-7,11,15H,3-4,8H2,1-2H3. The van der Waals surface area contributed by atoms with Crippen LogP contribution in [0.5, 0.6) is 5.75 Å². The van der Waals surface area contributed by atoms with Gasteiger partial charge in [0.25, 0.3) is 0 Å². The van der Waals surface area contributed by atoms with Crippen molar-refractivity contribution in [2.24, 2.45) is 0 Å². The molecule has 2 nitrogen and oxygen atoms in total. The maximum absolute atomic E-state index is 10.2. The molecule has 3 heteroatoms. The molecule has 1 heterocycles. The third-order valence-electron chi connectivity index (χ3n) is 3.52. The van der Waals surface area contributed by atoms with Crippen LogP contribution < -0.4 is 4.74 Å². The molecule has 16 heavy (non-hydrogen) atoms. The number of aliphatic hydroxyl groups is 1. The highest BCUT2D eigenvalue weighted by Crippen LogP contribution is 2.43. The number of rotatable bonds is 2. The number of hydrogen-bond donors (Lipinski definition) is 1. The van der Waals surface area contributed by atoms with Gasteiger partial charge in [0.1, 0.15) is 11.4 Å². The monoisotopic (exact) mass is 284 g/mol. The van der Waals surface area contributed by atoms with Gasteiger partial charge >= 0.3 is 0 Å². The Hall–Kier alpha value is -0.540. The van der Waals surface area contributed by atoms with Crippen LogP contribution in [0.4, 0.5) is 0 Å². The Bertz CT molecular complexity index is 386. The van der Waals surface area contributed by atoms with Gasteiger partial charge < -0.3 is 9.84 Å². The van der Waals surface area contributed by atoms with Crippen molar-refractivity contribution in [2.75, 3.05) is 0 Å². The van der Waals surface area contributed by atoms with Crippen molar-refractivity contribution in [3.05, 3.63) is 28.2 Å². The SMILES string of the molecule is CCC1(CC)CC(O)c2ccc(Br)cc2O1. The number of fused-ring (bicyclic) bond motifs is 1. The van der Waals surface area contributed by atoms with Gasteiger partial charge in [-0.2, -0.15) is 0 Å². The first kappa shape index (κ1) is 11.9. The van der Waals surface area contributed by atoms with Crippen LogP contribution in [0.3, 0.4) is 0 Å². The number of aliphatic hydroxyl groups excluding tert-OH is 1. The topological polar surface area (TPSA) is 29.5 Å². The van der Waals surface area contributed by atoms with E-state index in [1.54, 1.807) is 0 Å². The Labute approximate surface area is 105 Å². The van der Waals surface area contributed by atoms with Gasteiger partial charge in [0.05, 0.1) is 6.10 Å². The van der Waals surface area contributed by atoms with Crippen molar-refractivity contribution in [1.29, 1.82) is 0 Å². The van der Waals surface area contributed by atoms with Crippen molar-refractivity contribution in [2.45, 2.75) is 44.8 Å². The summed E-state index contributed by atoms with van der Waals surface area (Å²) < 4.78 is 7.07. The normalized spacial score (nSPS) is 22.4. The van der Waals surface area contributed by atoms with Crippen molar-refractivity contribution >= 4 is 15.9 Å². The highest BCUT2D eigenvalue weighted by Gasteiger charge is 2.37. The summed E-state index contributed by atoms with van der Waals surface area (Å²) in [6.45, 7) is 4.22. The molecule has 1 aromatic carbocycles. The lowest BCUT2D eigenvalue weighted by molar-refractivity contribution is -0.0196. The molecule has 0 radical (unpaired) electrons. The van der Waals surface area contributed by atoms with Crippen molar-refractivity contribution in [3.63, 3.8) is 0 Å². The first-order chi connectivity index (χ1) is 7.60. The summed E-state index contributed by atoms with van der Waals surface area (Å²) in [5.41, 5.74) is 0.702. The minimum atomic E-state index is -0.406. The summed E-state index contributed by atoms with van der Waals surface area (Å²) in [6, 6.07) is 5.81. The molecule has 1 unspecified atom stereocenters. The summed E-state index contributed by atoms with van der Waals surface area (Å²) in [5.74, 6) is 0.817. The van der Waals surface area contributed by atoms with Gasteiger partial charge in [-0.15, -0.1) is 0 Å². The molecule has 1 aliphatic rings. The highest BCUT2D eigenvalue weighted by molar-refractivity contribution is 9.10. The predicted octanol–water partition coefficient (Wildman–Crippen LogP) is 3.82. The third kappa shape index (κ3) is 1.98. The van der Waals surface area contributed by atoms with E-state index in [4.69, 9.17) is 4.74 Å². The molecule has 0 fully saturated rings. The third-order valence-corrected chi connectivity index (χ3v) is 4.01. The number of benzene rings is 1. The van der Waals surface area contributed by atoms with E-state index in [2.05, 4.69) is 29.8 Å². The van der Waals surface area contributed by atoms with E-state index in [-0.39, 0.29) is 5.60 Å². The van der Waals surface area contributed by atoms with E-state index in [0.29, 0.717) is 6.42 Å². The molecule has 1 aliphatic heterocycles. The van der Waals surface area contributed by atoms with Crippen LogP contribution in [-0.2, 0) is 0 Å². The smallest absolute Gasteiger partial charge is 0.127 e. The van der Waals surface area contributed by atoms with E-state index >= 15 is 0 Å². The second-order valence-electron chi connectivity index (χ2n) is 4.39. The second-order valence-corrected chi connectivity index (χ2v) is 5.31. The Balaban J connectivity index is 2.41. The van der Waals surface area contributed by atoms with Crippen molar-refractivity contribution < 1.29 is 9.84 Å². The van der Waals surface area contributed by atoms with E-state index in [0.717, 1.165) is 28.6 Å². The fourth-order valence-corrected chi connectivity index (χ4v) is 2.63. The number of hydrogen-bond acceptors (Lipinski definition) is 2. The zero-order chi connectivity index (χ0) is 11.8. The zero-order valence-electron chi connectivity index (χ0n) is 9.66. The summed E-state index contributed by atoms with van der Waals surface area (Å²) in [5, 5.41) is 10.2. The highest BCUT2D eigenvalue weighted by atomic mass is 79.9. The van der Waals surface area contributed by atoms with Crippen molar-refractivity contribution in [1.82, 2.24) is 0 Å². The Morgan fingerprint density at radius 1 is 1.44 bits per heavy atom. The van der Waals surface area contributed by atoms with Gasteiger partial charge in [0, 0.05) is 16.5 Å². The first-order valence-corrected chi connectivity index (χ1v) is 6.56. The number of halogens is 1. The molecular formula is C13H17BrO2. The van der Waals surface area contributed by atoms with E-state index in [9.17, 15) is 5.11 Å². The lowest BCUT2D eigenvalue weighted by Gasteiger charge is -2.39. The predicted molar refractivity (Wildman–Crippen MR) is 67.7 cm³/mol. The quantitative estimate of drug-likeness (QED) is 0.895. The lowest BCUT2D eigenvalue weighted by Crippen LogP contribution is -2.39. The molecule has 0 saturated heterocycles. The average molecular weight is 285 g/mol. The van der Waals surface area contributed by atoms with Gasteiger partial charge in [0.2, 0.25) is 0 Å². The van der Waals surface area contributed by atoms with Gasteiger partial charge in [0.15, 0.2) is 0 Å². The Morgan fingerprint density at radius 2 is 2.12 bits per heavy atom. The molecule has 88 valence electrons. The van der Waals surface area contributed by atoms with E-state index in [1.807, 2.05) is 18.2 Å². The molecule has 0 bridgehead atoms. The molecule has 1 N–H and O–H groups in total. The maximum atomic E-state index is 10.2. The second kappa shape index (κ2) is 4.38. The fraction of sp³-hybridized carbons (Fsp3) is 0.538. The molecule has 0 spiro atoms. The lowest BCUT2D eigenvalue weighted by atomic mass is 9.85. The molecule has 2 rings (SSSR count). The van der Waals surface area contributed by atoms with Gasteiger partial charge in [-0.25, -0.2) is 0 Å². The van der Waals surface area contributed by atoms with Gasteiger partial charge in [-0.05, 0) is 25.0 Å². The van der Waals surface area contributed by atoms with Crippen molar-refractivity contribution in [3.8, 4) is 5.75 Å². The minimum Gasteiger partial charge on any atom is -0.487 e. The molecular weight excluding hydrogens is 268 g/mol. The van der Waals surface area contributed by atoms with Gasteiger partial charge in [-0.1, -0.05) is 35.8 Å². The summed E-state index contributed by atoms with van der Waals surface area (Å²) in [4.78, 5) is 0. The van der Waals surface area contributed by atoms with Crippen LogP contribution in [0.1, 0.15) is 44.8 Å². The molecule has 0 amide bonds. The molecule has 1 aromatic rings. The van der Waals surface area contributed by atoms with Crippen LogP contribution in [0.25, 0.3) is 0 Å². The maximum Gasteiger partial charge on any atom is 0.127 e. The molecule has 0 saturated carbocycles. The van der Waals surface area contributed by atoms with Crippen LogP contribution in [0.2, 0.25) is 0 Å². The zero-order valence-corrected chi connectivity index (χ0v) is 11.3. The molecule has 0 aromatic heterocycles. The van der Waals surface area contributed by atoms with E-state index in [1.165, 1.54) is 0 Å². The first-order valence-electron chi connectivity index (χ1n) is 5.77. The summed E-state index contributed by atoms with van der Waals surface area (Å²) >= 11 is 3.43. The van der Waals surface area contributed by atoms with Crippen LogP contribution >= 0.6 is 15.9 Å². The Morgan fingerprint density at radius 3 is 2.75 bits per heavy atom. The van der Waals surface area contributed by atoms with E-state index < -0.39 is 6.10 Å².